The van der Waals surface area contributed by atoms with E-state index in [1.807, 2.05) is 0 Å². The lowest BCUT2D eigenvalue weighted by Gasteiger charge is -2.26. The number of nitrogens with zero attached hydrogens (tertiary/aromatic N) is 1. The summed E-state index contributed by atoms with van der Waals surface area (Å²) in [6, 6.07) is 5.65. The van der Waals surface area contributed by atoms with Crippen molar-refractivity contribution in [1.29, 1.82) is 0 Å². The molecule has 7 nitrogen and oxygen atoms in total. The molecule has 1 fully saturated rings. The quantitative estimate of drug-likeness (QED) is 0.745. The van der Waals surface area contributed by atoms with Crippen LogP contribution in [0.2, 0.25) is 0 Å². The van der Waals surface area contributed by atoms with E-state index in [2.05, 4.69) is 4.74 Å². The van der Waals surface area contributed by atoms with Crippen molar-refractivity contribution >= 4 is 22.0 Å². The highest BCUT2D eigenvalue weighted by molar-refractivity contribution is 7.89. The van der Waals surface area contributed by atoms with Gasteiger partial charge in [0.2, 0.25) is 10.0 Å². The first-order chi connectivity index (χ1) is 11.4. The van der Waals surface area contributed by atoms with Crippen molar-refractivity contribution < 1.29 is 27.5 Å². The average Bonchev–Trinajstić information content (AvgIpc) is 2.61. The van der Waals surface area contributed by atoms with Gasteiger partial charge in [0.05, 0.1) is 17.6 Å². The Hall–Kier alpha value is -1.93. The number of sulfonamides is 1. The molecule has 24 heavy (non-hydrogen) atoms. The molecule has 1 aliphatic heterocycles. The van der Waals surface area contributed by atoms with Crippen molar-refractivity contribution in [1.82, 2.24) is 4.31 Å². The molecule has 1 saturated heterocycles. The first-order valence-electron chi connectivity index (χ1n) is 7.75. The van der Waals surface area contributed by atoms with Gasteiger partial charge in [-0.25, -0.2) is 18.0 Å². The van der Waals surface area contributed by atoms with Crippen molar-refractivity contribution in [3.8, 4) is 0 Å². The molecule has 8 heteroatoms. The molecule has 0 bridgehead atoms. The molecule has 1 atom stereocenters. The zero-order chi connectivity index (χ0) is 17.7. The van der Waals surface area contributed by atoms with Crippen LogP contribution in [-0.4, -0.2) is 51.0 Å². The van der Waals surface area contributed by atoms with E-state index in [0.717, 1.165) is 19.3 Å². The van der Waals surface area contributed by atoms with Crippen molar-refractivity contribution in [2.24, 2.45) is 0 Å². The van der Waals surface area contributed by atoms with Gasteiger partial charge in [-0.2, -0.15) is 4.31 Å². The van der Waals surface area contributed by atoms with Crippen molar-refractivity contribution in [2.75, 3.05) is 20.2 Å². The van der Waals surface area contributed by atoms with E-state index in [9.17, 15) is 18.0 Å². The monoisotopic (exact) mass is 355 g/mol. The third-order valence-corrected chi connectivity index (χ3v) is 5.73. The predicted octanol–water partition coefficient (Wildman–Crippen LogP) is 1.58. The van der Waals surface area contributed by atoms with Crippen LogP contribution in [0, 0.1) is 0 Å². The fourth-order valence-electron chi connectivity index (χ4n) is 2.48. The number of piperidine rings is 1. The number of esters is 2. The minimum absolute atomic E-state index is 0.0459. The summed E-state index contributed by atoms with van der Waals surface area (Å²) in [5.41, 5.74) is 0.0730. The van der Waals surface area contributed by atoms with Crippen LogP contribution in [-0.2, 0) is 24.3 Å². The smallest absolute Gasteiger partial charge is 0.346 e. The summed E-state index contributed by atoms with van der Waals surface area (Å²) in [4.78, 5) is 23.4. The van der Waals surface area contributed by atoms with Crippen LogP contribution in [0.25, 0.3) is 0 Å². The Kier molecular flexibility index (Phi) is 5.95. The highest BCUT2D eigenvalue weighted by Gasteiger charge is 2.27. The van der Waals surface area contributed by atoms with Gasteiger partial charge in [0.15, 0.2) is 6.10 Å². The van der Waals surface area contributed by atoms with E-state index in [1.54, 1.807) is 0 Å². The zero-order valence-corrected chi connectivity index (χ0v) is 14.5. The Morgan fingerprint density at radius 2 is 1.83 bits per heavy atom. The van der Waals surface area contributed by atoms with E-state index in [0.29, 0.717) is 13.1 Å². The molecular formula is C16H21NO6S. The van der Waals surface area contributed by atoms with E-state index in [1.165, 1.54) is 42.6 Å². The van der Waals surface area contributed by atoms with E-state index < -0.39 is 28.1 Å². The molecule has 1 heterocycles. The molecule has 1 aromatic carbocycles. The van der Waals surface area contributed by atoms with Crippen molar-refractivity contribution in [3.63, 3.8) is 0 Å². The molecule has 0 unspecified atom stereocenters. The maximum Gasteiger partial charge on any atom is 0.346 e. The lowest BCUT2D eigenvalue weighted by molar-refractivity contribution is -0.149. The first-order valence-corrected chi connectivity index (χ1v) is 9.19. The molecule has 0 amide bonds. The molecule has 0 spiro atoms. The summed E-state index contributed by atoms with van der Waals surface area (Å²) in [7, 11) is -2.44. The standard InChI is InChI=1S/C16H21NO6S/c1-12(15(18)22-2)23-16(19)13-7-6-8-14(11-13)24(20,21)17-9-4-3-5-10-17/h6-8,11-12H,3-5,9-10H2,1-2H3/t12-/m0/s1. The Balaban J connectivity index is 2.19. The summed E-state index contributed by atoms with van der Waals surface area (Å²) in [5.74, 6) is -1.45. The van der Waals surface area contributed by atoms with Gasteiger partial charge in [-0.1, -0.05) is 12.5 Å². The Labute approximate surface area is 141 Å². The van der Waals surface area contributed by atoms with E-state index in [4.69, 9.17) is 4.74 Å². The zero-order valence-electron chi connectivity index (χ0n) is 13.7. The van der Waals surface area contributed by atoms with Crippen LogP contribution in [0.5, 0.6) is 0 Å². The number of methoxy groups -OCH3 is 1. The van der Waals surface area contributed by atoms with E-state index >= 15 is 0 Å². The second-order valence-electron chi connectivity index (χ2n) is 5.56. The number of rotatable bonds is 5. The normalized spacial score (nSPS) is 17.1. The van der Waals surface area contributed by atoms with Crippen LogP contribution in [0.4, 0.5) is 0 Å². The second kappa shape index (κ2) is 7.76. The first kappa shape index (κ1) is 18.4. The topological polar surface area (TPSA) is 90.0 Å². The van der Waals surface area contributed by atoms with Gasteiger partial charge in [0.25, 0.3) is 0 Å². The van der Waals surface area contributed by atoms with Crippen LogP contribution < -0.4 is 0 Å². The summed E-state index contributed by atoms with van der Waals surface area (Å²) in [6.07, 6.45) is 1.61. The van der Waals surface area contributed by atoms with Gasteiger partial charge in [-0.3, -0.25) is 0 Å². The highest BCUT2D eigenvalue weighted by atomic mass is 32.2. The van der Waals surface area contributed by atoms with Crippen LogP contribution in [0.15, 0.2) is 29.2 Å². The third-order valence-electron chi connectivity index (χ3n) is 3.84. The highest BCUT2D eigenvalue weighted by Crippen LogP contribution is 2.21. The number of hydrogen-bond donors (Lipinski definition) is 0. The van der Waals surface area contributed by atoms with E-state index in [-0.39, 0.29) is 10.5 Å². The van der Waals surface area contributed by atoms with Gasteiger partial charge in [0, 0.05) is 13.1 Å². The van der Waals surface area contributed by atoms with Gasteiger partial charge < -0.3 is 9.47 Å². The summed E-state index contributed by atoms with van der Waals surface area (Å²) in [5, 5.41) is 0. The van der Waals surface area contributed by atoms with Gasteiger partial charge in [0.1, 0.15) is 0 Å². The van der Waals surface area contributed by atoms with Gasteiger partial charge in [-0.05, 0) is 38.0 Å². The number of carbonyl (C=O) groups is 2. The minimum Gasteiger partial charge on any atom is -0.466 e. The number of ether oxygens (including phenoxy) is 2. The Morgan fingerprint density at radius 1 is 1.17 bits per heavy atom. The number of benzene rings is 1. The van der Waals surface area contributed by atoms with Gasteiger partial charge in [-0.15, -0.1) is 0 Å². The van der Waals surface area contributed by atoms with Crippen molar-refractivity contribution in [3.05, 3.63) is 29.8 Å². The number of carbonyl (C=O) groups excluding carboxylic acids is 2. The second-order valence-corrected chi connectivity index (χ2v) is 7.50. The molecule has 2 rings (SSSR count). The molecule has 0 aromatic heterocycles. The third kappa shape index (κ3) is 4.12. The summed E-state index contributed by atoms with van der Waals surface area (Å²) >= 11 is 0. The lowest BCUT2D eigenvalue weighted by atomic mass is 10.2. The van der Waals surface area contributed by atoms with Crippen molar-refractivity contribution in [2.45, 2.75) is 37.2 Å². The number of hydrogen-bond acceptors (Lipinski definition) is 6. The molecule has 0 aliphatic carbocycles. The fourth-order valence-corrected chi connectivity index (χ4v) is 4.04. The molecule has 0 N–H and O–H groups in total. The van der Waals surface area contributed by atoms with Crippen LogP contribution >= 0.6 is 0 Å². The fraction of sp³-hybridized carbons (Fsp3) is 0.500. The largest absolute Gasteiger partial charge is 0.466 e. The minimum atomic E-state index is -3.63. The maximum absolute atomic E-state index is 12.6. The van der Waals surface area contributed by atoms with Crippen LogP contribution in [0.1, 0.15) is 36.5 Å². The lowest BCUT2D eigenvalue weighted by Crippen LogP contribution is -2.35. The Bertz CT molecular complexity index is 709. The molecule has 1 aliphatic rings. The summed E-state index contributed by atoms with van der Waals surface area (Å²) in [6.45, 7) is 2.35. The summed E-state index contributed by atoms with van der Waals surface area (Å²) < 4.78 is 36.2. The Morgan fingerprint density at radius 3 is 2.46 bits per heavy atom. The maximum atomic E-state index is 12.6. The molecule has 0 radical (unpaired) electrons. The molecule has 132 valence electrons. The molecule has 0 saturated carbocycles. The average molecular weight is 355 g/mol. The van der Waals surface area contributed by atoms with Gasteiger partial charge >= 0.3 is 11.9 Å². The molecular weight excluding hydrogens is 334 g/mol. The molecule has 1 aromatic rings. The predicted molar refractivity (Wildman–Crippen MR) is 85.9 cm³/mol. The van der Waals surface area contributed by atoms with Crippen LogP contribution in [0.3, 0.4) is 0 Å². The SMILES string of the molecule is COC(=O)[C@H](C)OC(=O)c1cccc(S(=O)(=O)N2CCCCC2)c1.